The standard InChI is InChI=1S/C14H9ClN2O/c15-12-7-3-4-8-13(12)17-14(18)11-6-2-1-5-10(11)9-16/h1-8H,(H,17,18). The summed E-state index contributed by atoms with van der Waals surface area (Å²) in [5.74, 6) is -0.347. The van der Waals surface area contributed by atoms with Crippen molar-refractivity contribution < 1.29 is 4.79 Å². The molecule has 1 amide bonds. The first kappa shape index (κ1) is 12.2. The van der Waals surface area contributed by atoms with Crippen LogP contribution in [-0.2, 0) is 0 Å². The number of anilines is 1. The third kappa shape index (κ3) is 2.50. The second-order valence-corrected chi connectivity index (χ2v) is 4.00. The lowest BCUT2D eigenvalue weighted by Crippen LogP contribution is -2.13. The Labute approximate surface area is 110 Å². The lowest BCUT2D eigenvalue weighted by atomic mass is 10.1. The summed E-state index contributed by atoms with van der Waals surface area (Å²) in [4.78, 5) is 12.0. The molecule has 0 aliphatic heterocycles. The Hall–Kier alpha value is -2.31. The Morgan fingerprint density at radius 1 is 1.11 bits per heavy atom. The number of amides is 1. The molecule has 88 valence electrons. The van der Waals surface area contributed by atoms with Crippen LogP contribution in [0, 0.1) is 11.3 Å². The zero-order valence-electron chi connectivity index (χ0n) is 9.35. The molecule has 0 fully saturated rings. The second kappa shape index (κ2) is 5.35. The van der Waals surface area contributed by atoms with Crippen LogP contribution in [-0.4, -0.2) is 5.91 Å². The number of hydrogen-bond donors (Lipinski definition) is 1. The molecule has 4 heteroatoms. The normalized spacial score (nSPS) is 9.56. The number of nitrogens with one attached hydrogen (secondary N) is 1. The largest absolute Gasteiger partial charge is 0.321 e. The molecule has 0 bridgehead atoms. The fraction of sp³-hybridized carbons (Fsp3) is 0. The highest BCUT2D eigenvalue weighted by atomic mass is 35.5. The summed E-state index contributed by atoms with van der Waals surface area (Å²) in [5.41, 5.74) is 1.19. The number of para-hydroxylation sites is 1. The van der Waals surface area contributed by atoms with E-state index in [4.69, 9.17) is 16.9 Å². The van der Waals surface area contributed by atoms with E-state index in [0.717, 1.165) is 0 Å². The fourth-order valence-electron chi connectivity index (χ4n) is 1.53. The minimum Gasteiger partial charge on any atom is -0.321 e. The van der Waals surface area contributed by atoms with E-state index in [9.17, 15) is 4.79 Å². The van der Waals surface area contributed by atoms with E-state index in [1.807, 2.05) is 6.07 Å². The van der Waals surface area contributed by atoms with Crippen LogP contribution in [0.15, 0.2) is 48.5 Å². The van der Waals surface area contributed by atoms with Crippen molar-refractivity contribution in [1.82, 2.24) is 0 Å². The first-order valence-electron chi connectivity index (χ1n) is 5.27. The number of nitriles is 1. The maximum absolute atomic E-state index is 12.0. The number of rotatable bonds is 2. The van der Waals surface area contributed by atoms with E-state index in [1.165, 1.54) is 0 Å². The number of hydrogen-bond acceptors (Lipinski definition) is 2. The van der Waals surface area contributed by atoms with Crippen LogP contribution in [0.25, 0.3) is 0 Å². The van der Waals surface area contributed by atoms with Crippen LogP contribution >= 0.6 is 11.6 Å². The van der Waals surface area contributed by atoms with Crippen molar-refractivity contribution in [2.24, 2.45) is 0 Å². The third-order valence-corrected chi connectivity index (χ3v) is 2.74. The first-order chi connectivity index (χ1) is 8.72. The molecule has 0 heterocycles. The van der Waals surface area contributed by atoms with Gasteiger partial charge in [0.05, 0.1) is 27.9 Å². The molecule has 2 aromatic rings. The molecule has 0 aliphatic carbocycles. The van der Waals surface area contributed by atoms with Crippen molar-refractivity contribution in [3.8, 4) is 6.07 Å². The molecule has 1 N–H and O–H groups in total. The summed E-state index contributed by atoms with van der Waals surface area (Å²) in [5, 5.41) is 12.1. The monoisotopic (exact) mass is 256 g/mol. The Kier molecular flexibility index (Phi) is 3.61. The Balaban J connectivity index is 2.29. The van der Waals surface area contributed by atoms with Gasteiger partial charge in [-0.2, -0.15) is 5.26 Å². The zero-order valence-corrected chi connectivity index (χ0v) is 10.1. The topological polar surface area (TPSA) is 52.9 Å². The van der Waals surface area contributed by atoms with E-state index in [-0.39, 0.29) is 5.91 Å². The summed E-state index contributed by atoms with van der Waals surface area (Å²) in [6.45, 7) is 0. The van der Waals surface area contributed by atoms with Crippen LogP contribution in [0.3, 0.4) is 0 Å². The van der Waals surface area contributed by atoms with Crippen LogP contribution < -0.4 is 5.32 Å². The maximum Gasteiger partial charge on any atom is 0.257 e. The quantitative estimate of drug-likeness (QED) is 0.895. The number of nitrogens with zero attached hydrogens (tertiary/aromatic N) is 1. The van der Waals surface area contributed by atoms with E-state index in [1.54, 1.807) is 48.5 Å². The van der Waals surface area contributed by atoms with E-state index >= 15 is 0 Å². The molecular weight excluding hydrogens is 248 g/mol. The minimum absolute atomic E-state index is 0.333. The molecule has 0 aromatic heterocycles. The predicted molar refractivity (Wildman–Crippen MR) is 70.6 cm³/mol. The van der Waals surface area contributed by atoms with E-state index < -0.39 is 0 Å². The number of carbonyl (C=O) groups is 1. The smallest absolute Gasteiger partial charge is 0.257 e. The molecule has 0 saturated carbocycles. The van der Waals surface area contributed by atoms with Gasteiger partial charge >= 0.3 is 0 Å². The number of benzene rings is 2. The van der Waals surface area contributed by atoms with Gasteiger partial charge in [-0.1, -0.05) is 35.9 Å². The Bertz CT molecular complexity index is 632. The maximum atomic E-state index is 12.0. The molecule has 2 aromatic carbocycles. The van der Waals surface area contributed by atoms with E-state index in [0.29, 0.717) is 21.8 Å². The minimum atomic E-state index is -0.347. The van der Waals surface area contributed by atoms with Crippen molar-refractivity contribution >= 4 is 23.2 Å². The number of halogens is 1. The zero-order chi connectivity index (χ0) is 13.0. The summed E-state index contributed by atoms with van der Waals surface area (Å²) in [6.07, 6.45) is 0. The first-order valence-corrected chi connectivity index (χ1v) is 5.65. The molecule has 0 radical (unpaired) electrons. The van der Waals surface area contributed by atoms with Gasteiger partial charge in [-0.25, -0.2) is 0 Å². The molecule has 0 unspecified atom stereocenters. The van der Waals surface area contributed by atoms with Gasteiger partial charge < -0.3 is 5.32 Å². The lowest BCUT2D eigenvalue weighted by molar-refractivity contribution is 0.102. The fourth-order valence-corrected chi connectivity index (χ4v) is 1.71. The van der Waals surface area contributed by atoms with E-state index in [2.05, 4.69) is 5.32 Å². The van der Waals surface area contributed by atoms with Gasteiger partial charge in [0, 0.05) is 0 Å². The van der Waals surface area contributed by atoms with Crippen LogP contribution in [0.4, 0.5) is 5.69 Å². The molecule has 0 spiro atoms. The molecule has 2 rings (SSSR count). The SMILES string of the molecule is N#Cc1ccccc1C(=O)Nc1ccccc1Cl. The van der Waals surface area contributed by atoms with Crippen molar-refractivity contribution in [3.63, 3.8) is 0 Å². The highest BCUT2D eigenvalue weighted by molar-refractivity contribution is 6.33. The van der Waals surface area contributed by atoms with Gasteiger partial charge in [0.15, 0.2) is 0 Å². The van der Waals surface area contributed by atoms with Crippen LogP contribution in [0.5, 0.6) is 0 Å². The molecule has 0 saturated heterocycles. The molecule has 0 atom stereocenters. The molecular formula is C14H9ClN2O. The van der Waals surface area contributed by atoms with Crippen molar-refractivity contribution in [2.45, 2.75) is 0 Å². The van der Waals surface area contributed by atoms with Gasteiger partial charge in [-0.15, -0.1) is 0 Å². The predicted octanol–water partition coefficient (Wildman–Crippen LogP) is 3.46. The molecule has 0 aliphatic rings. The third-order valence-electron chi connectivity index (χ3n) is 2.41. The average Bonchev–Trinajstić information content (AvgIpc) is 2.41. The van der Waals surface area contributed by atoms with Gasteiger partial charge in [-0.3, -0.25) is 4.79 Å². The average molecular weight is 257 g/mol. The summed E-state index contributed by atoms with van der Waals surface area (Å²) >= 11 is 5.95. The van der Waals surface area contributed by atoms with Gasteiger partial charge in [0.1, 0.15) is 0 Å². The van der Waals surface area contributed by atoms with Crippen molar-refractivity contribution in [3.05, 3.63) is 64.7 Å². The van der Waals surface area contributed by atoms with Crippen LogP contribution in [0.2, 0.25) is 5.02 Å². The summed E-state index contributed by atoms with van der Waals surface area (Å²) in [6, 6.07) is 15.6. The van der Waals surface area contributed by atoms with Gasteiger partial charge in [0.2, 0.25) is 0 Å². The highest BCUT2D eigenvalue weighted by Gasteiger charge is 2.11. The van der Waals surface area contributed by atoms with Gasteiger partial charge in [0.25, 0.3) is 5.91 Å². The Morgan fingerprint density at radius 2 is 1.78 bits per heavy atom. The molecule has 3 nitrogen and oxygen atoms in total. The summed E-state index contributed by atoms with van der Waals surface area (Å²) in [7, 11) is 0. The Morgan fingerprint density at radius 3 is 2.50 bits per heavy atom. The van der Waals surface area contributed by atoms with Crippen molar-refractivity contribution in [2.75, 3.05) is 5.32 Å². The summed E-state index contributed by atoms with van der Waals surface area (Å²) < 4.78 is 0. The molecule has 18 heavy (non-hydrogen) atoms. The second-order valence-electron chi connectivity index (χ2n) is 3.59. The van der Waals surface area contributed by atoms with Crippen molar-refractivity contribution in [1.29, 1.82) is 5.26 Å². The number of carbonyl (C=O) groups excluding carboxylic acids is 1. The lowest BCUT2D eigenvalue weighted by Gasteiger charge is -2.07. The van der Waals surface area contributed by atoms with Gasteiger partial charge in [-0.05, 0) is 24.3 Å². The highest BCUT2D eigenvalue weighted by Crippen LogP contribution is 2.21. The van der Waals surface area contributed by atoms with Crippen LogP contribution in [0.1, 0.15) is 15.9 Å².